The van der Waals surface area contributed by atoms with Crippen molar-refractivity contribution in [2.75, 3.05) is 20.3 Å². The molecule has 0 aliphatic carbocycles. The Balaban J connectivity index is 1.92. The molecular formula is C15H22N4O2. The molecule has 21 heavy (non-hydrogen) atoms. The lowest BCUT2D eigenvalue weighted by atomic mass is 10.1. The Bertz CT molecular complexity index is 542. The molecule has 6 heteroatoms. The molecule has 0 fully saturated rings. The van der Waals surface area contributed by atoms with Crippen molar-refractivity contribution in [2.24, 2.45) is 7.05 Å². The Labute approximate surface area is 124 Å². The van der Waals surface area contributed by atoms with E-state index in [-0.39, 0.29) is 0 Å². The zero-order valence-electron chi connectivity index (χ0n) is 12.5. The van der Waals surface area contributed by atoms with E-state index in [2.05, 4.69) is 15.4 Å². The van der Waals surface area contributed by atoms with E-state index in [1.165, 1.54) is 0 Å². The van der Waals surface area contributed by atoms with Crippen molar-refractivity contribution in [3.05, 3.63) is 36.3 Å². The number of hydrogen-bond donors (Lipinski definition) is 2. The number of aliphatic hydroxyl groups is 1. The fraction of sp³-hybridized carbons (Fsp3) is 0.467. The zero-order valence-corrected chi connectivity index (χ0v) is 12.5. The normalized spacial score (nSPS) is 12.5. The van der Waals surface area contributed by atoms with Crippen LogP contribution in [0, 0.1) is 0 Å². The van der Waals surface area contributed by atoms with Crippen molar-refractivity contribution in [3.8, 4) is 11.3 Å². The van der Waals surface area contributed by atoms with E-state index in [0.717, 1.165) is 23.4 Å². The summed E-state index contributed by atoms with van der Waals surface area (Å²) in [6, 6.07) is 3.91. The molecule has 2 rings (SSSR count). The average molecular weight is 290 g/mol. The monoisotopic (exact) mass is 290 g/mol. The molecule has 114 valence electrons. The van der Waals surface area contributed by atoms with E-state index in [9.17, 15) is 5.11 Å². The summed E-state index contributed by atoms with van der Waals surface area (Å²) in [5, 5.41) is 17.4. The van der Waals surface area contributed by atoms with Gasteiger partial charge in [-0.3, -0.25) is 9.67 Å². The Hall–Kier alpha value is -1.76. The Kier molecular flexibility index (Phi) is 5.86. The van der Waals surface area contributed by atoms with Crippen LogP contribution in [0.5, 0.6) is 0 Å². The van der Waals surface area contributed by atoms with Crippen LogP contribution in [0.1, 0.15) is 12.0 Å². The SMILES string of the molecule is COCC(O)CCNCc1cn(C)nc1-c1ccncc1. The molecule has 2 aromatic heterocycles. The lowest BCUT2D eigenvalue weighted by Gasteiger charge is -2.10. The van der Waals surface area contributed by atoms with Crippen LogP contribution in [-0.4, -0.2) is 46.2 Å². The highest BCUT2D eigenvalue weighted by Crippen LogP contribution is 2.20. The molecule has 0 aliphatic heterocycles. The quantitative estimate of drug-likeness (QED) is 0.709. The van der Waals surface area contributed by atoms with Gasteiger partial charge in [-0.15, -0.1) is 0 Å². The number of nitrogens with one attached hydrogen (secondary N) is 1. The summed E-state index contributed by atoms with van der Waals surface area (Å²) in [4.78, 5) is 4.03. The minimum absolute atomic E-state index is 0.372. The summed E-state index contributed by atoms with van der Waals surface area (Å²) in [6.07, 6.45) is 5.79. The molecule has 0 radical (unpaired) electrons. The number of aryl methyl sites for hydroxylation is 1. The predicted octanol–water partition coefficient (Wildman–Crippen LogP) is 0.969. The number of rotatable bonds is 8. The first-order valence-corrected chi connectivity index (χ1v) is 7.01. The molecular weight excluding hydrogens is 268 g/mol. The van der Waals surface area contributed by atoms with Gasteiger partial charge in [0.15, 0.2) is 0 Å². The lowest BCUT2D eigenvalue weighted by molar-refractivity contribution is 0.0594. The van der Waals surface area contributed by atoms with Crippen LogP contribution in [0.4, 0.5) is 0 Å². The van der Waals surface area contributed by atoms with Crippen molar-refractivity contribution >= 4 is 0 Å². The summed E-state index contributed by atoms with van der Waals surface area (Å²) in [5.41, 5.74) is 3.15. The molecule has 2 heterocycles. The van der Waals surface area contributed by atoms with Gasteiger partial charge in [-0.05, 0) is 25.1 Å². The van der Waals surface area contributed by atoms with Crippen LogP contribution < -0.4 is 5.32 Å². The van der Waals surface area contributed by atoms with E-state index in [1.807, 2.05) is 30.1 Å². The summed E-state index contributed by atoms with van der Waals surface area (Å²) in [7, 11) is 3.50. The van der Waals surface area contributed by atoms with Crippen LogP contribution >= 0.6 is 0 Å². The summed E-state index contributed by atoms with van der Waals surface area (Å²) in [6.45, 7) is 1.82. The third-order valence-corrected chi connectivity index (χ3v) is 3.19. The average Bonchev–Trinajstić information content (AvgIpc) is 2.86. The number of methoxy groups -OCH3 is 1. The van der Waals surface area contributed by atoms with Crippen LogP contribution in [0.25, 0.3) is 11.3 Å². The molecule has 0 bridgehead atoms. The van der Waals surface area contributed by atoms with Gasteiger partial charge in [0.05, 0.1) is 18.4 Å². The maximum Gasteiger partial charge on any atom is 0.0969 e. The Morgan fingerprint density at radius 2 is 2.14 bits per heavy atom. The van der Waals surface area contributed by atoms with Crippen molar-refractivity contribution in [1.82, 2.24) is 20.1 Å². The summed E-state index contributed by atoms with van der Waals surface area (Å²) >= 11 is 0. The van der Waals surface area contributed by atoms with Gasteiger partial charge < -0.3 is 15.2 Å². The predicted molar refractivity (Wildman–Crippen MR) is 80.6 cm³/mol. The number of ether oxygens (including phenoxy) is 1. The molecule has 0 saturated heterocycles. The van der Waals surface area contributed by atoms with Gasteiger partial charge in [0.1, 0.15) is 0 Å². The first-order chi connectivity index (χ1) is 10.2. The highest BCUT2D eigenvalue weighted by atomic mass is 16.5. The van der Waals surface area contributed by atoms with Gasteiger partial charge in [0, 0.05) is 50.4 Å². The number of hydrogen-bond acceptors (Lipinski definition) is 5. The first-order valence-electron chi connectivity index (χ1n) is 7.01. The van der Waals surface area contributed by atoms with Crippen molar-refractivity contribution in [2.45, 2.75) is 19.1 Å². The minimum atomic E-state index is -0.420. The Morgan fingerprint density at radius 1 is 1.38 bits per heavy atom. The fourth-order valence-corrected chi connectivity index (χ4v) is 2.19. The fourth-order valence-electron chi connectivity index (χ4n) is 2.19. The van der Waals surface area contributed by atoms with Gasteiger partial charge in [-0.1, -0.05) is 0 Å². The van der Waals surface area contributed by atoms with E-state index >= 15 is 0 Å². The van der Waals surface area contributed by atoms with Crippen LogP contribution in [0.3, 0.4) is 0 Å². The minimum Gasteiger partial charge on any atom is -0.391 e. The number of aromatic nitrogens is 3. The van der Waals surface area contributed by atoms with Crippen LogP contribution in [0.15, 0.2) is 30.7 Å². The molecule has 2 aromatic rings. The third-order valence-electron chi connectivity index (χ3n) is 3.19. The smallest absolute Gasteiger partial charge is 0.0969 e. The van der Waals surface area contributed by atoms with Crippen molar-refractivity contribution in [1.29, 1.82) is 0 Å². The highest BCUT2D eigenvalue weighted by molar-refractivity contribution is 5.61. The van der Waals surface area contributed by atoms with E-state index < -0.39 is 6.10 Å². The summed E-state index contributed by atoms with van der Waals surface area (Å²) in [5.74, 6) is 0. The molecule has 6 nitrogen and oxygen atoms in total. The van der Waals surface area contributed by atoms with Gasteiger partial charge in [-0.25, -0.2) is 0 Å². The topological polar surface area (TPSA) is 72.2 Å². The van der Waals surface area contributed by atoms with E-state index in [1.54, 1.807) is 19.5 Å². The van der Waals surface area contributed by atoms with Gasteiger partial charge in [0.2, 0.25) is 0 Å². The van der Waals surface area contributed by atoms with Crippen LogP contribution in [0.2, 0.25) is 0 Å². The molecule has 0 aliphatic rings. The molecule has 0 spiro atoms. The maximum absolute atomic E-state index is 9.59. The first kappa shape index (κ1) is 15.6. The summed E-state index contributed by atoms with van der Waals surface area (Å²) < 4.78 is 6.71. The van der Waals surface area contributed by atoms with Crippen molar-refractivity contribution < 1.29 is 9.84 Å². The second-order valence-electron chi connectivity index (χ2n) is 4.99. The van der Waals surface area contributed by atoms with Crippen LogP contribution in [-0.2, 0) is 18.3 Å². The Morgan fingerprint density at radius 3 is 2.86 bits per heavy atom. The second kappa shape index (κ2) is 7.87. The van der Waals surface area contributed by atoms with Gasteiger partial charge in [-0.2, -0.15) is 5.10 Å². The third kappa shape index (κ3) is 4.63. The lowest BCUT2D eigenvalue weighted by Crippen LogP contribution is -2.23. The van der Waals surface area contributed by atoms with E-state index in [0.29, 0.717) is 19.6 Å². The highest BCUT2D eigenvalue weighted by Gasteiger charge is 2.10. The molecule has 1 atom stereocenters. The molecule has 0 saturated carbocycles. The molecule has 2 N–H and O–H groups in total. The maximum atomic E-state index is 9.59. The number of pyridine rings is 1. The number of nitrogens with zero attached hydrogens (tertiary/aromatic N) is 3. The molecule has 1 unspecified atom stereocenters. The van der Waals surface area contributed by atoms with Crippen molar-refractivity contribution in [3.63, 3.8) is 0 Å². The molecule has 0 amide bonds. The molecule has 0 aromatic carbocycles. The zero-order chi connectivity index (χ0) is 15.1. The number of aliphatic hydroxyl groups excluding tert-OH is 1. The van der Waals surface area contributed by atoms with Gasteiger partial charge in [0.25, 0.3) is 0 Å². The standard InChI is InChI=1S/C15H22N4O2/c1-19-10-13(9-17-8-5-14(20)11-21-2)15(18-19)12-3-6-16-7-4-12/h3-4,6-7,10,14,17,20H,5,8-9,11H2,1-2H3. The van der Waals surface area contributed by atoms with Gasteiger partial charge >= 0.3 is 0 Å². The van der Waals surface area contributed by atoms with E-state index in [4.69, 9.17) is 4.74 Å². The second-order valence-corrected chi connectivity index (χ2v) is 4.99. The largest absolute Gasteiger partial charge is 0.391 e.